The summed E-state index contributed by atoms with van der Waals surface area (Å²) in [4.78, 5) is 18.4. The van der Waals surface area contributed by atoms with E-state index in [4.69, 9.17) is 9.47 Å². The second-order valence-corrected chi connectivity index (χ2v) is 13.9. The molecule has 5 aromatic rings. The molecule has 3 atom stereocenters. The minimum Gasteiger partial charge on any atom is -0.392 e. The number of anilines is 1. The van der Waals surface area contributed by atoms with Crippen molar-refractivity contribution >= 4 is 26.7 Å². The number of imidazole rings is 1. The van der Waals surface area contributed by atoms with E-state index >= 15 is 0 Å². The lowest BCUT2D eigenvalue weighted by atomic mass is 9.98. The molecule has 3 N–H and O–H groups in total. The smallest absolute Gasteiger partial charge is 0.326 e. The van der Waals surface area contributed by atoms with Crippen molar-refractivity contribution in [1.82, 2.24) is 14.5 Å². The Morgan fingerprint density at radius 3 is 2.23 bits per heavy atom. The summed E-state index contributed by atoms with van der Waals surface area (Å²) in [6.07, 6.45) is 1.37. The van der Waals surface area contributed by atoms with Gasteiger partial charge in [-0.2, -0.15) is 0 Å². The molecule has 244 valence electrons. The number of aliphatic hydroxyl groups is 1. The van der Waals surface area contributed by atoms with E-state index in [1.54, 1.807) is 42.5 Å². The largest absolute Gasteiger partial charge is 0.392 e. The van der Waals surface area contributed by atoms with Crippen molar-refractivity contribution in [3.63, 3.8) is 0 Å². The van der Waals surface area contributed by atoms with Crippen LogP contribution in [0, 0.1) is 0 Å². The Hall–Kier alpha value is -4.26. The molecule has 10 nitrogen and oxygen atoms in total. The SMILES string of the molecule is O=c1[nH]c2ccccc2n1C1CCN(C[C@@H]2C[C@H](c3ccc(CO)cc3)O[C@H](c3ccc(NS(=O)(=O)c4ccccc4)cc3)O2)CC1. The average molecular weight is 655 g/mol. The number of nitrogens with one attached hydrogen (secondary N) is 2. The summed E-state index contributed by atoms with van der Waals surface area (Å²) in [5.41, 5.74) is 4.81. The number of benzene rings is 4. The maximum atomic E-state index is 12.8. The Balaban J connectivity index is 1.05. The molecule has 3 heterocycles. The van der Waals surface area contributed by atoms with Gasteiger partial charge in [0.05, 0.1) is 34.7 Å². The van der Waals surface area contributed by atoms with E-state index in [-0.39, 0.29) is 35.4 Å². The van der Waals surface area contributed by atoms with Crippen LogP contribution in [0.15, 0.2) is 113 Å². The van der Waals surface area contributed by atoms with Crippen LogP contribution in [0.5, 0.6) is 0 Å². The first-order valence-electron chi connectivity index (χ1n) is 16.0. The Morgan fingerprint density at radius 1 is 0.830 bits per heavy atom. The molecule has 0 amide bonds. The number of piperidine rings is 1. The van der Waals surface area contributed by atoms with Crippen LogP contribution >= 0.6 is 0 Å². The molecule has 2 aliphatic rings. The van der Waals surface area contributed by atoms with Crippen molar-refractivity contribution in [3.8, 4) is 0 Å². The van der Waals surface area contributed by atoms with Crippen LogP contribution < -0.4 is 10.4 Å². The third-order valence-electron chi connectivity index (χ3n) is 9.11. The normalized spacial score (nSPS) is 21.2. The highest BCUT2D eigenvalue weighted by molar-refractivity contribution is 7.92. The summed E-state index contributed by atoms with van der Waals surface area (Å²) in [7, 11) is -3.72. The number of likely N-dealkylation sites (tertiary alicyclic amines) is 1. The fraction of sp³-hybridized carbons (Fsp3) is 0.306. The monoisotopic (exact) mass is 654 g/mol. The van der Waals surface area contributed by atoms with Crippen molar-refractivity contribution in [1.29, 1.82) is 0 Å². The number of rotatable bonds is 9. The van der Waals surface area contributed by atoms with Crippen LogP contribution in [0.2, 0.25) is 0 Å². The number of sulfonamides is 1. The first kappa shape index (κ1) is 31.3. The van der Waals surface area contributed by atoms with E-state index in [1.165, 1.54) is 0 Å². The predicted molar refractivity (Wildman–Crippen MR) is 179 cm³/mol. The lowest BCUT2D eigenvalue weighted by Gasteiger charge is -2.40. The summed E-state index contributed by atoms with van der Waals surface area (Å²) in [6, 6.07) is 31.1. The Morgan fingerprint density at radius 2 is 1.51 bits per heavy atom. The average Bonchev–Trinajstić information content (AvgIpc) is 3.44. The van der Waals surface area contributed by atoms with E-state index in [2.05, 4.69) is 14.6 Å². The van der Waals surface area contributed by atoms with Crippen LogP contribution in [0.4, 0.5) is 5.69 Å². The number of hydrogen-bond donors (Lipinski definition) is 3. The molecular formula is C36H38N4O6S. The van der Waals surface area contributed by atoms with Crippen molar-refractivity contribution in [2.45, 2.75) is 55.3 Å². The van der Waals surface area contributed by atoms with E-state index in [1.807, 2.05) is 65.2 Å². The number of ether oxygens (including phenoxy) is 2. The van der Waals surface area contributed by atoms with Crippen LogP contribution in [-0.2, 0) is 26.1 Å². The van der Waals surface area contributed by atoms with Gasteiger partial charge in [-0.05, 0) is 60.4 Å². The molecule has 0 aliphatic carbocycles. The quantitative estimate of drug-likeness (QED) is 0.192. The van der Waals surface area contributed by atoms with E-state index in [9.17, 15) is 18.3 Å². The lowest BCUT2D eigenvalue weighted by molar-refractivity contribution is -0.253. The number of hydrogen-bond acceptors (Lipinski definition) is 7. The zero-order valence-corrected chi connectivity index (χ0v) is 26.7. The lowest BCUT2D eigenvalue weighted by Crippen LogP contribution is -2.43. The molecule has 0 radical (unpaired) electrons. The third kappa shape index (κ3) is 6.90. The zero-order valence-electron chi connectivity index (χ0n) is 25.9. The third-order valence-corrected chi connectivity index (χ3v) is 10.5. The highest BCUT2D eigenvalue weighted by Gasteiger charge is 2.34. The highest BCUT2D eigenvalue weighted by atomic mass is 32.2. The van der Waals surface area contributed by atoms with Gasteiger partial charge in [-0.15, -0.1) is 0 Å². The summed E-state index contributed by atoms with van der Waals surface area (Å²) in [6.45, 7) is 2.37. The first-order valence-corrected chi connectivity index (χ1v) is 17.4. The molecule has 2 aliphatic heterocycles. The number of aromatic amines is 1. The highest BCUT2D eigenvalue weighted by Crippen LogP contribution is 2.39. The Kier molecular flexibility index (Phi) is 8.98. The fourth-order valence-electron chi connectivity index (χ4n) is 6.64. The number of H-pyrrole nitrogens is 1. The van der Waals surface area contributed by atoms with Gasteiger partial charge in [-0.3, -0.25) is 9.29 Å². The number of nitrogens with zero attached hydrogens (tertiary/aromatic N) is 2. The van der Waals surface area contributed by atoms with Crippen LogP contribution in [-0.4, -0.2) is 53.7 Å². The van der Waals surface area contributed by atoms with E-state index in [0.29, 0.717) is 12.1 Å². The van der Waals surface area contributed by atoms with Crippen LogP contribution in [0.1, 0.15) is 54.4 Å². The van der Waals surface area contributed by atoms with E-state index in [0.717, 1.165) is 60.2 Å². The second-order valence-electron chi connectivity index (χ2n) is 12.2. The molecule has 47 heavy (non-hydrogen) atoms. The topological polar surface area (TPSA) is 126 Å². The van der Waals surface area contributed by atoms with Gasteiger partial charge in [0.15, 0.2) is 6.29 Å². The molecule has 0 unspecified atom stereocenters. The molecular weight excluding hydrogens is 616 g/mol. The fourth-order valence-corrected chi connectivity index (χ4v) is 7.72. The van der Waals surface area contributed by atoms with Gasteiger partial charge in [0.1, 0.15) is 0 Å². The minimum atomic E-state index is -3.72. The van der Waals surface area contributed by atoms with Crippen LogP contribution in [0.25, 0.3) is 11.0 Å². The number of para-hydroxylation sites is 2. The summed E-state index contributed by atoms with van der Waals surface area (Å²) < 4.78 is 43.3. The van der Waals surface area contributed by atoms with Gasteiger partial charge >= 0.3 is 5.69 Å². The van der Waals surface area contributed by atoms with Gasteiger partial charge in [-0.25, -0.2) is 13.2 Å². The molecule has 0 bridgehead atoms. The Bertz CT molecular complexity index is 1970. The number of fused-ring (bicyclic) bond motifs is 1. The van der Waals surface area contributed by atoms with Gasteiger partial charge in [-0.1, -0.05) is 66.7 Å². The molecule has 4 aromatic carbocycles. The van der Waals surface area contributed by atoms with Gasteiger partial charge in [0, 0.05) is 43.3 Å². The summed E-state index contributed by atoms with van der Waals surface area (Å²) >= 11 is 0. The molecule has 0 spiro atoms. The minimum absolute atomic E-state index is 0.0266. The molecule has 7 rings (SSSR count). The first-order chi connectivity index (χ1) is 22.9. The standard InChI is InChI=1S/C36H38N4O6S/c41-24-25-10-12-26(13-11-25)34-22-30(23-39-20-18-29(19-21-39)40-33-9-5-4-8-32(33)37-36(40)42)45-35(46-34)27-14-16-28(17-15-27)38-47(43,44)31-6-2-1-3-7-31/h1-17,29-30,34-35,38,41H,18-24H2,(H,37,42)/t30-,34+,35+/m0/s1. The van der Waals surface area contributed by atoms with Gasteiger partial charge in [0.2, 0.25) is 0 Å². The van der Waals surface area contributed by atoms with Gasteiger partial charge in [0.25, 0.3) is 10.0 Å². The molecule has 11 heteroatoms. The van der Waals surface area contributed by atoms with Crippen molar-refractivity contribution in [3.05, 3.63) is 130 Å². The van der Waals surface area contributed by atoms with Crippen LogP contribution in [0.3, 0.4) is 0 Å². The number of aromatic nitrogens is 2. The summed E-state index contributed by atoms with van der Waals surface area (Å²) in [5, 5.41) is 9.54. The molecule has 0 saturated carbocycles. The maximum Gasteiger partial charge on any atom is 0.326 e. The Labute approximate surface area is 273 Å². The molecule has 2 fully saturated rings. The van der Waals surface area contributed by atoms with Gasteiger partial charge < -0.3 is 24.5 Å². The molecule has 2 saturated heterocycles. The maximum absolute atomic E-state index is 12.8. The van der Waals surface area contributed by atoms with Crippen molar-refractivity contribution in [2.24, 2.45) is 0 Å². The summed E-state index contributed by atoms with van der Waals surface area (Å²) in [5.74, 6) is 0. The van der Waals surface area contributed by atoms with E-state index < -0.39 is 16.3 Å². The zero-order chi connectivity index (χ0) is 32.4. The second kappa shape index (κ2) is 13.5. The van der Waals surface area contributed by atoms with Crippen molar-refractivity contribution < 1.29 is 23.0 Å². The molecule has 1 aromatic heterocycles. The predicted octanol–water partition coefficient (Wildman–Crippen LogP) is 5.51. The van der Waals surface area contributed by atoms with Crippen molar-refractivity contribution in [2.75, 3.05) is 24.4 Å². The number of aliphatic hydroxyl groups excluding tert-OH is 1.